The summed E-state index contributed by atoms with van der Waals surface area (Å²) in [7, 11) is 0. The predicted octanol–water partition coefficient (Wildman–Crippen LogP) is 2.15. The van der Waals surface area contributed by atoms with E-state index in [2.05, 4.69) is 0 Å². The van der Waals surface area contributed by atoms with E-state index in [4.69, 9.17) is 5.11 Å². The molecule has 2 rings (SSSR count). The van der Waals surface area contributed by atoms with Gasteiger partial charge < -0.3 is 10.0 Å². The Balaban J connectivity index is 1.94. The topological polar surface area (TPSA) is 40.5 Å². The summed E-state index contributed by atoms with van der Waals surface area (Å²) in [5, 5.41) is 8.94. The van der Waals surface area contributed by atoms with Crippen LogP contribution in [-0.4, -0.2) is 40.4 Å². The predicted molar refractivity (Wildman–Crippen MR) is 73.6 cm³/mol. The SMILES string of the molecule is CC(Sc1ccccc1)C(=O)N(CCO)C1CC1. The lowest BCUT2D eigenvalue weighted by Gasteiger charge is -2.24. The van der Waals surface area contributed by atoms with E-state index in [1.807, 2.05) is 42.2 Å². The molecule has 1 aliphatic carbocycles. The van der Waals surface area contributed by atoms with Gasteiger partial charge in [-0.2, -0.15) is 0 Å². The minimum absolute atomic E-state index is 0.0466. The lowest BCUT2D eigenvalue weighted by atomic mass is 10.3. The van der Waals surface area contributed by atoms with Gasteiger partial charge in [0.25, 0.3) is 0 Å². The maximum Gasteiger partial charge on any atom is 0.236 e. The lowest BCUT2D eigenvalue weighted by molar-refractivity contribution is -0.131. The summed E-state index contributed by atoms with van der Waals surface area (Å²) in [6.07, 6.45) is 2.16. The molecule has 1 aromatic rings. The monoisotopic (exact) mass is 265 g/mol. The number of aliphatic hydroxyl groups is 1. The van der Waals surface area contributed by atoms with Crippen molar-refractivity contribution in [3.63, 3.8) is 0 Å². The zero-order valence-electron chi connectivity index (χ0n) is 10.6. The minimum atomic E-state index is -0.0976. The summed E-state index contributed by atoms with van der Waals surface area (Å²) in [4.78, 5) is 15.3. The van der Waals surface area contributed by atoms with Gasteiger partial charge in [-0.15, -0.1) is 11.8 Å². The van der Waals surface area contributed by atoms with Gasteiger partial charge in [0, 0.05) is 17.5 Å². The number of thioether (sulfide) groups is 1. The van der Waals surface area contributed by atoms with Crippen molar-refractivity contribution in [1.29, 1.82) is 0 Å². The molecule has 0 radical (unpaired) electrons. The van der Waals surface area contributed by atoms with E-state index in [1.54, 1.807) is 11.8 Å². The Hall–Kier alpha value is -1.00. The maximum atomic E-state index is 12.3. The number of carbonyl (C=O) groups excluding carboxylic acids is 1. The number of rotatable bonds is 6. The number of carbonyl (C=O) groups is 1. The molecule has 0 saturated heterocycles. The Morgan fingerprint density at radius 2 is 2.11 bits per heavy atom. The zero-order chi connectivity index (χ0) is 13.0. The van der Waals surface area contributed by atoms with Crippen molar-refractivity contribution in [2.75, 3.05) is 13.2 Å². The van der Waals surface area contributed by atoms with Gasteiger partial charge in [-0.25, -0.2) is 0 Å². The third-order valence-electron chi connectivity index (χ3n) is 3.02. The van der Waals surface area contributed by atoms with Crippen LogP contribution in [0.3, 0.4) is 0 Å². The summed E-state index contributed by atoms with van der Waals surface area (Å²) in [6.45, 7) is 2.45. The van der Waals surface area contributed by atoms with Crippen LogP contribution >= 0.6 is 11.8 Å². The zero-order valence-corrected chi connectivity index (χ0v) is 11.4. The van der Waals surface area contributed by atoms with Crippen LogP contribution in [0.25, 0.3) is 0 Å². The highest BCUT2D eigenvalue weighted by Gasteiger charge is 2.34. The number of hydrogen-bond acceptors (Lipinski definition) is 3. The van der Waals surface area contributed by atoms with Crippen LogP contribution in [0.2, 0.25) is 0 Å². The van der Waals surface area contributed by atoms with Gasteiger partial charge in [0.1, 0.15) is 0 Å². The van der Waals surface area contributed by atoms with E-state index in [-0.39, 0.29) is 17.8 Å². The van der Waals surface area contributed by atoms with E-state index < -0.39 is 0 Å². The first-order valence-electron chi connectivity index (χ1n) is 6.35. The summed E-state index contributed by atoms with van der Waals surface area (Å²) in [5.41, 5.74) is 0. The summed E-state index contributed by atoms with van der Waals surface area (Å²) in [5.74, 6) is 0.139. The molecule has 1 fully saturated rings. The van der Waals surface area contributed by atoms with Crippen molar-refractivity contribution >= 4 is 17.7 Å². The Morgan fingerprint density at radius 1 is 1.44 bits per heavy atom. The van der Waals surface area contributed by atoms with Crippen molar-refractivity contribution in [2.45, 2.75) is 36.0 Å². The first-order valence-corrected chi connectivity index (χ1v) is 7.23. The van der Waals surface area contributed by atoms with Crippen LogP contribution in [0.15, 0.2) is 35.2 Å². The van der Waals surface area contributed by atoms with Crippen molar-refractivity contribution in [1.82, 2.24) is 4.90 Å². The third-order valence-corrected chi connectivity index (χ3v) is 4.11. The van der Waals surface area contributed by atoms with Gasteiger partial charge in [-0.1, -0.05) is 18.2 Å². The van der Waals surface area contributed by atoms with Gasteiger partial charge in [0.05, 0.1) is 11.9 Å². The Morgan fingerprint density at radius 3 is 2.67 bits per heavy atom. The Labute approximate surface area is 112 Å². The molecule has 1 saturated carbocycles. The molecule has 18 heavy (non-hydrogen) atoms. The first-order chi connectivity index (χ1) is 8.72. The highest BCUT2D eigenvalue weighted by atomic mass is 32.2. The molecule has 1 aliphatic rings. The van der Waals surface area contributed by atoms with Gasteiger partial charge in [0.15, 0.2) is 0 Å². The largest absolute Gasteiger partial charge is 0.395 e. The lowest BCUT2D eigenvalue weighted by Crippen LogP contribution is -2.40. The van der Waals surface area contributed by atoms with Gasteiger partial charge in [-0.3, -0.25) is 4.79 Å². The quantitative estimate of drug-likeness (QED) is 0.801. The molecule has 1 unspecified atom stereocenters. The number of nitrogens with zero attached hydrogens (tertiary/aromatic N) is 1. The molecule has 1 amide bonds. The molecule has 1 aromatic carbocycles. The highest BCUT2D eigenvalue weighted by molar-refractivity contribution is 8.00. The van der Waals surface area contributed by atoms with Crippen molar-refractivity contribution in [2.24, 2.45) is 0 Å². The first kappa shape index (κ1) is 13.4. The fourth-order valence-corrected chi connectivity index (χ4v) is 2.91. The molecule has 4 heteroatoms. The van der Waals surface area contributed by atoms with Crippen molar-refractivity contribution in [3.8, 4) is 0 Å². The van der Waals surface area contributed by atoms with Gasteiger partial charge in [0.2, 0.25) is 5.91 Å². The molecule has 98 valence electrons. The highest BCUT2D eigenvalue weighted by Crippen LogP contribution is 2.30. The molecule has 1 N–H and O–H groups in total. The standard InChI is InChI=1S/C14H19NO2S/c1-11(18-13-5-3-2-4-6-13)14(17)15(9-10-16)12-7-8-12/h2-6,11-12,16H,7-10H2,1H3. The van der Waals surface area contributed by atoms with Crippen molar-refractivity contribution < 1.29 is 9.90 Å². The molecule has 3 nitrogen and oxygen atoms in total. The molecule has 0 heterocycles. The number of benzene rings is 1. The number of amides is 1. The van der Waals surface area contributed by atoms with Crippen LogP contribution < -0.4 is 0 Å². The maximum absolute atomic E-state index is 12.3. The van der Waals surface area contributed by atoms with E-state index >= 15 is 0 Å². The Kier molecular flexibility index (Phi) is 4.66. The van der Waals surface area contributed by atoms with E-state index in [0.29, 0.717) is 12.6 Å². The molecule has 0 bridgehead atoms. The second-order valence-electron chi connectivity index (χ2n) is 4.56. The molecule has 1 atom stereocenters. The van der Waals surface area contributed by atoms with E-state index in [1.165, 1.54) is 0 Å². The number of hydrogen-bond donors (Lipinski definition) is 1. The number of aliphatic hydroxyl groups excluding tert-OH is 1. The normalized spacial score (nSPS) is 16.3. The molecule has 0 aromatic heterocycles. The third kappa shape index (κ3) is 3.50. The Bertz CT molecular complexity index is 392. The molecule has 0 aliphatic heterocycles. The van der Waals surface area contributed by atoms with Gasteiger partial charge in [-0.05, 0) is 31.9 Å². The van der Waals surface area contributed by atoms with Crippen LogP contribution in [-0.2, 0) is 4.79 Å². The summed E-state index contributed by atoms with van der Waals surface area (Å²) in [6, 6.07) is 10.3. The fraction of sp³-hybridized carbons (Fsp3) is 0.500. The van der Waals surface area contributed by atoms with Crippen LogP contribution in [0.4, 0.5) is 0 Å². The smallest absolute Gasteiger partial charge is 0.236 e. The minimum Gasteiger partial charge on any atom is -0.395 e. The second kappa shape index (κ2) is 6.25. The second-order valence-corrected chi connectivity index (χ2v) is 5.97. The fourth-order valence-electron chi connectivity index (χ4n) is 1.95. The molecular weight excluding hydrogens is 246 g/mol. The van der Waals surface area contributed by atoms with E-state index in [9.17, 15) is 4.79 Å². The molecular formula is C14H19NO2S. The van der Waals surface area contributed by atoms with Crippen LogP contribution in [0.1, 0.15) is 19.8 Å². The average Bonchev–Trinajstić information content (AvgIpc) is 3.20. The average molecular weight is 265 g/mol. The van der Waals surface area contributed by atoms with Crippen molar-refractivity contribution in [3.05, 3.63) is 30.3 Å². The summed E-state index contributed by atoms with van der Waals surface area (Å²) < 4.78 is 0. The summed E-state index contributed by atoms with van der Waals surface area (Å²) >= 11 is 1.58. The van der Waals surface area contributed by atoms with E-state index in [0.717, 1.165) is 17.7 Å². The van der Waals surface area contributed by atoms with Gasteiger partial charge >= 0.3 is 0 Å². The van der Waals surface area contributed by atoms with Crippen LogP contribution in [0.5, 0.6) is 0 Å². The van der Waals surface area contributed by atoms with Crippen LogP contribution in [0, 0.1) is 0 Å². The molecule has 0 spiro atoms.